The van der Waals surface area contributed by atoms with Gasteiger partial charge in [0.2, 0.25) is 0 Å². The highest BCUT2D eigenvalue weighted by molar-refractivity contribution is 5.73. The van der Waals surface area contributed by atoms with E-state index >= 15 is 0 Å². The summed E-state index contributed by atoms with van der Waals surface area (Å²) in [5, 5.41) is 0. The molecule has 0 N–H and O–H groups in total. The zero-order valence-electron chi connectivity index (χ0n) is 11.0. The monoisotopic (exact) mass is 241 g/mol. The van der Waals surface area contributed by atoms with Crippen molar-refractivity contribution in [1.29, 1.82) is 0 Å². The Balaban J connectivity index is 2.71. The summed E-state index contributed by atoms with van der Waals surface area (Å²) in [6.07, 6.45) is 5.74. The second-order valence-electron chi connectivity index (χ2n) is 5.01. The predicted molar refractivity (Wildman–Crippen MR) is 65.9 cm³/mol. The van der Waals surface area contributed by atoms with Crippen molar-refractivity contribution in [3.63, 3.8) is 0 Å². The van der Waals surface area contributed by atoms with Gasteiger partial charge in [0.1, 0.15) is 6.29 Å². The summed E-state index contributed by atoms with van der Waals surface area (Å²) in [6.45, 7) is 5.40. The van der Waals surface area contributed by atoms with Crippen LogP contribution in [0.4, 0.5) is 4.79 Å². The normalized spacial score (nSPS) is 18.8. The van der Waals surface area contributed by atoms with Crippen LogP contribution in [0.25, 0.3) is 0 Å². The molecule has 0 aliphatic heterocycles. The Morgan fingerprint density at radius 2 is 1.82 bits per heavy atom. The molecule has 1 aliphatic carbocycles. The third-order valence-electron chi connectivity index (χ3n) is 3.15. The average Bonchev–Trinajstić information content (AvgIpc) is 2.29. The molecule has 0 aromatic heterocycles. The zero-order chi connectivity index (χ0) is 12.8. The van der Waals surface area contributed by atoms with Crippen molar-refractivity contribution in [2.75, 3.05) is 0 Å². The first kappa shape index (κ1) is 14.0. The van der Waals surface area contributed by atoms with Gasteiger partial charge in [-0.25, -0.2) is 4.79 Å². The fourth-order valence-corrected chi connectivity index (χ4v) is 2.34. The molecule has 17 heavy (non-hydrogen) atoms. The van der Waals surface area contributed by atoms with Crippen molar-refractivity contribution >= 4 is 12.4 Å². The number of amides is 1. The largest absolute Gasteiger partial charge is 0.447 e. The van der Waals surface area contributed by atoms with Gasteiger partial charge in [-0.15, -0.1) is 0 Å². The van der Waals surface area contributed by atoms with E-state index in [1.165, 1.54) is 6.42 Å². The molecule has 0 aromatic rings. The molecule has 0 heterocycles. The SMILES string of the molecule is CC(C)OC(=O)N(C1CCCCC1)[C@@H](C)C=O. The first-order valence-electron chi connectivity index (χ1n) is 6.50. The molecule has 0 unspecified atom stereocenters. The van der Waals surface area contributed by atoms with Crippen LogP contribution in [-0.4, -0.2) is 35.5 Å². The standard InChI is InChI=1S/C13H23NO3/c1-10(2)17-13(16)14(11(3)9-15)12-7-5-4-6-8-12/h9-12H,4-8H2,1-3H3/t11-/m0/s1. The van der Waals surface area contributed by atoms with Crippen molar-refractivity contribution in [3.05, 3.63) is 0 Å². The maximum Gasteiger partial charge on any atom is 0.410 e. The molecule has 1 atom stereocenters. The van der Waals surface area contributed by atoms with Gasteiger partial charge in [-0.2, -0.15) is 0 Å². The summed E-state index contributed by atoms with van der Waals surface area (Å²) in [5.41, 5.74) is 0. The van der Waals surface area contributed by atoms with Gasteiger partial charge < -0.3 is 9.53 Å². The van der Waals surface area contributed by atoms with Crippen molar-refractivity contribution in [2.45, 2.75) is 71.1 Å². The maximum atomic E-state index is 12.0. The van der Waals surface area contributed by atoms with Crippen LogP contribution in [0.2, 0.25) is 0 Å². The van der Waals surface area contributed by atoms with Crippen LogP contribution in [0.15, 0.2) is 0 Å². The summed E-state index contributed by atoms with van der Waals surface area (Å²) >= 11 is 0. The van der Waals surface area contributed by atoms with E-state index < -0.39 is 6.04 Å². The number of ether oxygens (including phenoxy) is 1. The minimum atomic E-state index is -0.399. The Hall–Kier alpha value is -1.06. The molecule has 0 spiro atoms. The fraction of sp³-hybridized carbons (Fsp3) is 0.846. The Morgan fingerprint density at radius 3 is 2.29 bits per heavy atom. The van der Waals surface area contributed by atoms with Crippen molar-refractivity contribution in [3.8, 4) is 0 Å². The van der Waals surface area contributed by atoms with Gasteiger partial charge in [0.15, 0.2) is 0 Å². The first-order valence-corrected chi connectivity index (χ1v) is 6.50. The molecule has 4 nitrogen and oxygen atoms in total. The molecule has 1 fully saturated rings. The molecule has 4 heteroatoms. The molecular formula is C13H23NO3. The van der Waals surface area contributed by atoms with E-state index in [0.29, 0.717) is 0 Å². The van der Waals surface area contributed by atoms with E-state index in [0.717, 1.165) is 32.0 Å². The Labute approximate surface area is 103 Å². The second kappa shape index (κ2) is 6.62. The number of rotatable bonds is 4. The lowest BCUT2D eigenvalue weighted by molar-refractivity contribution is -0.112. The third kappa shape index (κ3) is 4.02. The molecule has 0 bridgehead atoms. The fourth-order valence-electron chi connectivity index (χ4n) is 2.34. The number of carbonyl (C=O) groups is 2. The van der Waals surface area contributed by atoms with E-state index in [4.69, 9.17) is 4.74 Å². The van der Waals surface area contributed by atoms with Gasteiger partial charge in [0.05, 0.1) is 12.1 Å². The molecule has 0 aromatic carbocycles. The van der Waals surface area contributed by atoms with Crippen LogP contribution in [0.1, 0.15) is 52.9 Å². The van der Waals surface area contributed by atoms with E-state index in [1.54, 1.807) is 11.8 Å². The van der Waals surface area contributed by atoms with Gasteiger partial charge in [0, 0.05) is 6.04 Å². The lowest BCUT2D eigenvalue weighted by Crippen LogP contribution is -2.48. The number of hydrogen-bond donors (Lipinski definition) is 0. The van der Waals surface area contributed by atoms with E-state index in [2.05, 4.69) is 0 Å². The van der Waals surface area contributed by atoms with Crippen molar-refractivity contribution in [2.24, 2.45) is 0 Å². The highest BCUT2D eigenvalue weighted by Crippen LogP contribution is 2.24. The smallest absolute Gasteiger partial charge is 0.410 e. The number of hydrogen-bond acceptors (Lipinski definition) is 3. The highest BCUT2D eigenvalue weighted by atomic mass is 16.6. The lowest BCUT2D eigenvalue weighted by Gasteiger charge is -2.36. The molecule has 1 rings (SSSR count). The topological polar surface area (TPSA) is 46.6 Å². The lowest BCUT2D eigenvalue weighted by atomic mass is 9.93. The summed E-state index contributed by atoms with van der Waals surface area (Å²) in [4.78, 5) is 24.5. The van der Waals surface area contributed by atoms with E-state index in [-0.39, 0.29) is 18.2 Å². The molecule has 1 aliphatic rings. The number of aldehydes is 1. The van der Waals surface area contributed by atoms with Crippen LogP contribution in [-0.2, 0) is 9.53 Å². The van der Waals surface area contributed by atoms with E-state index in [1.807, 2.05) is 13.8 Å². The first-order chi connectivity index (χ1) is 8.06. The minimum absolute atomic E-state index is 0.146. The summed E-state index contributed by atoms with van der Waals surface area (Å²) in [5.74, 6) is 0. The van der Waals surface area contributed by atoms with Gasteiger partial charge >= 0.3 is 6.09 Å². The van der Waals surface area contributed by atoms with Gasteiger partial charge in [-0.05, 0) is 33.6 Å². The van der Waals surface area contributed by atoms with Crippen LogP contribution >= 0.6 is 0 Å². The van der Waals surface area contributed by atoms with Gasteiger partial charge in [0.25, 0.3) is 0 Å². The quantitative estimate of drug-likeness (QED) is 0.711. The van der Waals surface area contributed by atoms with Gasteiger partial charge in [-0.3, -0.25) is 4.90 Å². The number of carbonyl (C=O) groups excluding carboxylic acids is 2. The molecule has 0 radical (unpaired) electrons. The Bertz CT molecular complexity index is 259. The van der Waals surface area contributed by atoms with Crippen molar-refractivity contribution in [1.82, 2.24) is 4.90 Å². The van der Waals surface area contributed by atoms with Crippen LogP contribution < -0.4 is 0 Å². The highest BCUT2D eigenvalue weighted by Gasteiger charge is 2.30. The number of nitrogens with zero attached hydrogens (tertiary/aromatic N) is 1. The molecule has 98 valence electrons. The summed E-state index contributed by atoms with van der Waals surface area (Å²) < 4.78 is 5.22. The molecule has 1 amide bonds. The third-order valence-corrected chi connectivity index (χ3v) is 3.15. The van der Waals surface area contributed by atoms with E-state index in [9.17, 15) is 9.59 Å². The Morgan fingerprint density at radius 1 is 1.24 bits per heavy atom. The second-order valence-corrected chi connectivity index (χ2v) is 5.01. The Kier molecular flexibility index (Phi) is 5.45. The average molecular weight is 241 g/mol. The summed E-state index contributed by atoms with van der Waals surface area (Å²) in [7, 11) is 0. The van der Waals surface area contributed by atoms with Crippen LogP contribution in [0, 0.1) is 0 Å². The molecule has 0 saturated heterocycles. The maximum absolute atomic E-state index is 12.0. The predicted octanol–water partition coefficient (Wildman–Crippen LogP) is 2.75. The molecule has 1 saturated carbocycles. The van der Waals surface area contributed by atoms with Gasteiger partial charge in [-0.1, -0.05) is 19.3 Å². The van der Waals surface area contributed by atoms with Crippen LogP contribution in [0.3, 0.4) is 0 Å². The summed E-state index contributed by atoms with van der Waals surface area (Å²) in [6, 6.07) is -0.237. The van der Waals surface area contributed by atoms with Crippen LogP contribution in [0.5, 0.6) is 0 Å². The molecular weight excluding hydrogens is 218 g/mol. The zero-order valence-corrected chi connectivity index (χ0v) is 11.0. The van der Waals surface area contributed by atoms with Crippen molar-refractivity contribution < 1.29 is 14.3 Å². The minimum Gasteiger partial charge on any atom is -0.447 e.